The molecule has 2 amide bonds. The van der Waals surface area contributed by atoms with Gasteiger partial charge >= 0.3 is 0 Å². The van der Waals surface area contributed by atoms with Crippen LogP contribution in [0.15, 0.2) is 33.6 Å². The number of likely N-dealkylation sites (N-methyl/N-ethyl adjacent to an activating group) is 1. The Labute approximate surface area is 170 Å². The van der Waals surface area contributed by atoms with Crippen LogP contribution in [-0.4, -0.2) is 93.1 Å². The van der Waals surface area contributed by atoms with Gasteiger partial charge in [-0.15, -0.1) is 4.40 Å². The molecular weight excluding hydrogens is 394 g/mol. The van der Waals surface area contributed by atoms with E-state index in [4.69, 9.17) is 0 Å². The molecule has 3 aliphatic rings. The molecule has 29 heavy (non-hydrogen) atoms. The molecule has 0 spiro atoms. The van der Waals surface area contributed by atoms with E-state index in [2.05, 4.69) is 9.71 Å². The van der Waals surface area contributed by atoms with Crippen LogP contribution in [0.3, 0.4) is 0 Å². The van der Waals surface area contributed by atoms with E-state index in [9.17, 15) is 18.0 Å². The highest BCUT2D eigenvalue weighted by Crippen LogP contribution is 2.31. The molecule has 1 N–H and O–H groups in total. The predicted octanol–water partition coefficient (Wildman–Crippen LogP) is -0.510. The first-order chi connectivity index (χ1) is 13.9. The van der Waals surface area contributed by atoms with Gasteiger partial charge < -0.3 is 15.1 Å². The smallest absolute Gasteiger partial charge is 0.285 e. The van der Waals surface area contributed by atoms with E-state index in [0.29, 0.717) is 57.1 Å². The molecule has 9 nitrogen and oxygen atoms in total. The highest BCUT2D eigenvalue weighted by Gasteiger charge is 2.41. The molecular formula is C19H25N5O4S. The van der Waals surface area contributed by atoms with Crippen molar-refractivity contribution >= 4 is 27.7 Å². The number of hydrogen-bond acceptors (Lipinski definition) is 6. The van der Waals surface area contributed by atoms with E-state index in [0.717, 1.165) is 6.42 Å². The number of carbonyl (C=O) groups excluding carboxylic acids is 2. The second-order valence-corrected chi connectivity index (χ2v) is 9.08. The van der Waals surface area contributed by atoms with E-state index in [1.54, 1.807) is 31.3 Å². The first-order valence-corrected chi connectivity index (χ1v) is 11.3. The molecule has 0 aliphatic carbocycles. The summed E-state index contributed by atoms with van der Waals surface area (Å²) in [6.45, 7) is 3.34. The molecule has 4 rings (SSSR count). The summed E-state index contributed by atoms with van der Waals surface area (Å²) in [6, 6.07) is 6.37. The molecule has 10 heteroatoms. The summed E-state index contributed by atoms with van der Waals surface area (Å²) < 4.78 is 28.8. The Morgan fingerprint density at radius 2 is 1.86 bits per heavy atom. The normalized spacial score (nSPS) is 23.6. The number of hydrogen-bond donors (Lipinski definition) is 1. The van der Waals surface area contributed by atoms with Crippen molar-refractivity contribution in [2.24, 2.45) is 4.40 Å². The van der Waals surface area contributed by atoms with Crippen LogP contribution in [0.1, 0.15) is 18.4 Å². The van der Waals surface area contributed by atoms with Crippen molar-refractivity contribution in [1.82, 2.24) is 20.0 Å². The van der Waals surface area contributed by atoms with Crippen LogP contribution in [0, 0.1) is 0 Å². The zero-order chi connectivity index (χ0) is 20.6. The summed E-state index contributed by atoms with van der Waals surface area (Å²) in [5.41, 5.74) is 0.572. The molecule has 0 radical (unpaired) electrons. The Morgan fingerprint density at radius 3 is 2.59 bits per heavy atom. The Bertz CT molecular complexity index is 953. The van der Waals surface area contributed by atoms with Gasteiger partial charge in [-0.25, -0.2) is 0 Å². The third kappa shape index (κ3) is 3.74. The van der Waals surface area contributed by atoms with Crippen molar-refractivity contribution in [2.45, 2.75) is 23.8 Å². The summed E-state index contributed by atoms with van der Waals surface area (Å²) in [4.78, 5) is 30.7. The van der Waals surface area contributed by atoms with Gasteiger partial charge in [0.05, 0.1) is 6.54 Å². The van der Waals surface area contributed by atoms with E-state index in [1.807, 2.05) is 14.7 Å². The van der Waals surface area contributed by atoms with E-state index in [-0.39, 0.29) is 16.7 Å². The van der Waals surface area contributed by atoms with Crippen molar-refractivity contribution in [1.29, 1.82) is 0 Å². The third-order valence-electron chi connectivity index (χ3n) is 5.75. The van der Waals surface area contributed by atoms with Gasteiger partial charge in [-0.2, -0.15) is 8.42 Å². The number of sulfonamides is 1. The van der Waals surface area contributed by atoms with Crippen LogP contribution >= 0.6 is 0 Å². The molecule has 0 aromatic heterocycles. The average Bonchev–Trinajstić information content (AvgIpc) is 3.31. The van der Waals surface area contributed by atoms with Crippen LogP contribution in [-0.2, 0) is 19.6 Å². The monoisotopic (exact) mass is 419 g/mol. The maximum Gasteiger partial charge on any atom is 0.285 e. The fraction of sp³-hybridized carbons (Fsp3) is 0.526. The topological polar surface area (TPSA) is 102 Å². The molecule has 0 bridgehead atoms. The summed E-state index contributed by atoms with van der Waals surface area (Å²) in [6.07, 6.45) is 1.49. The standard InChI is InChI=1S/C19H25N5O4S/c1-20-17(25)13-22-9-11-23(12-10-22)19(26)15-6-4-8-24(15)18-14-5-2-3-7-16(14)29(27,28)21-18/h2-3,5,7,15H,4,6,8-13H2,1H3,(H,20,25). The lowest BCUT2D eigenvalue weighted by Crippen LogP contribution is -2.55. The molecule has 1 atom stereocenters. The van der Waals surface area contributed by atoms with E-state index in [1.165, 1.54) is 0 Å². The van der Waals surface area contributed by atoms with Crippen molar-refractivity contribution in [3.05, 3.63) is 29.8 Å². The lowest BCUT2D eigenvalue weighted by molar-refractivity contribution is -0.136. The minimum atomic E-state index is -3.71. The molecule has 2 saturated heterocycles. The van der Waals surface area contributed by atoms with Crippen LogP contribution in [0.25, 0.3) is 0 Å². The van der Waals surface area contributed by atoms with Gasteiger partial charge in [0.25, 0.3) is 10.0 Å². The second-order valence-electron chi connectivity index (χ2n) is 7.51. The number of rotatable bonds is 3. The van der Waals surface area contributed by atoms with Gasteiger partial charge in [-0.05, 0) is 25.0 Å². The van der Waals surface area contributed by atoms with Crippen LogP contribution in [0.5, 0.6) is 0 Å². The number of likely N-dealkylation sites (tertiary alicyclic amines) is 1. The van der Waals surface area contributed by atoms with E-state index < -0.39 is 16.1 Å². The number of nitrogens with zero attached hydrogens (tertiary/aromatic N) is 4. The number of amides is 2. The van der Waals surface area contributed by atoms with Crippen LogP contribution < -0.4 is 5.32 Å². The third-order valence-corrected chi connectivity index (χ3v) is 7.08. The van der Waals surface area contributed by atoms with Crippen LogP contribution in [0.4, 0.5) is 0 Å². The number of benzene rings is 1. The Hall–Kier alpha value is -2.46. The predicted molar refractivity (Wildman–Crippen MR) is 107 cm³/mol. The first-order valence-electron chi connectivity index (χ1n) is 9.83. The number of amidine groups is 1. The SMILES string of the molecule is CNC(=O)CN1CCN(C(=O)C2CCCN2C2=NS(=O)(=O)c3ccccc32)CC1. The zero-order valence-corrected chi connectivity index (χ0v) is 17.2. The summed E-state index contributed by atoms with van der Waals surface area (Å²) in [5, 5.41) is 2.61. The largest absolute Gasteiger partial charge is 0.358 e. The zero-order valence-electron chi connectivity index (χ0n) is 16.4. The van der Waals surface area contributed by atoms with Gasteiger partial charge in [0.1, 0.15) is 10.9 Å². The van der Waals surface area contributed by atoms with E-state index >= 15 is 0 Å². The molecule has 0 saturated carbocycles. The molecule has 3 heterocycles. The summed E-state index contributed by atoms with van der Waals surface area (Å²) in [5.74, 6) is 0.354. The number of carbonyl (C=O) groups is 2. The van der Waals surface area contributed by atoms with Gasteiger partial charge in [0, 0.05) is 45.3 Å². The number of fused-ring (bicyclic) bond motifs is 1. The lowest BCUT2D eigenvalue weighted by Gasteiger charge is -2.37. The fourth-order valence-electron chi connectivity index (χ4n) is 4.19. The van der Waals surface area contributed by atoms with Crippen molar-refractivity contribution < 1.29 is 18.0 Å². The molecule has 2 fully saturated rings. The van der Waals surface area contributed by atoms with Gasteiger partial charge in [-0.3, -0.25) is 14.5 Å². The molecule has 3 aliphatic heterocycles. The minimum Gasteiger partial charge on any atom is -0.358 e. The minimum absolute atomic E-state index is 0.00609. The van der Waals surface area contributed by atoms with Crippen molar-refractivity contribution in [3.8, 4) is 0 Å². The maximum absolute atomic E-state index is 13.2. The molecule has 1 aromatic carbocycles. The van der Waals surface area contributed by atoms with Crippen LogP contribution in [0.2, 0.25) is 0 Å². The molecule has 156 valence electrons. The quantitative estimate of drug-likeness (QED) is 0.708. The maximum atomic E-state index is 13.2. The summed E-state index contributed by atoms with van der Waals surface area (Å²) in [7, 11) is -2.10. The van der Waals surface area contributed by atoms with Gasteiger partial charge in [0.15, 0.2) is 5.84 Å². The number of piperazine rings is 1. The second kappa shape index (κ2) is 7.75. The Kier molecular flexibility index (Phi) is 5.30. The summed E-state index contributed by atoms with van der Waals surface area (Å²) >= 11 is 0. The van der Waals surface area contributed by atoms with Crippen molar-refractivity contribution in [3.63, 3.8) is 0 Å². The Morgan fingerprint density at radius 1 is 1.14 bits per heavy atom. The number of nitrogens with one attached hydrogen (secondary N) is 1. The van der Waals surface area contributed by atoms with Gasteiger partial charge in [0.2, 0.25) is 11.8 Å². The van der Waals surface area contributed by atoms with Crippen molar-refractivity contribution in [2.75, 3.05) is 46.3 Å². The molecule has 1 aromatic rings. The Balaban J connectivity index is 1.47. The fourth-order valence-corrected chi connectivity index (χ4v) is 5.41. The average molecular weight is 420 g/mol. The van der Waals surface area contributed by atoms with Gasteiger partial charge in [-0.1, -0.05) is 12.1 Å². The highest BCUT2D eigenvalue weighted by molar-refractivity contribution is 7.90. The lowest BCUT2D eigenvalue weighted by atomic mass is 10.1. The highest BCUT2D eigenvalue weighted by atomic mass is 32.2. The first kappa shape index (κ1) is 19.8. The molecule has 1 unspecified atom stereocenters.